The van der Waals surface area contributed by atoms with E-state index in [2.05, 4.69) is 5.32 Å². The van der Waals surface area contributed by atoms with Crippen molar-refractivity contribution in [3.05, 3.63) is 53.6 Å². The highest BCUT2D eigenvalue weighted by atomic mass is 16.5. The number of methoxy groups -OCH3 is 1. The fraction of sp³-hybridized carbons (Fsp3) is 0.250. The Morgan fingerprint density at radius 2 is 1.88 bits per heavy atom. The molecule has 26 heavy (non-hydrogen) atoms. The number of nitrogens with one attached hydrogen (secondary N) is 1. The lowest BCUT2D eigenvalue weighted by atomic mass is 10.1. The van der Waals surface area contributed by atoms with E-state index in [1.54, 1.807) is 37.4 Å². The zero-order valence-electron chi connectivity index (χ0n) is 15.1. The maximum absolute atomic E-state index is 12.2. The fourth-order valence-electron chi connectivity index (χ4n) is 2.52. The summed E-state index contributed by atoms with van der Waals surface area (Å²) in [5, 5.41) is 11.6. The van der Waals surface area contributed by atoms with E-state index in [0.717, 1.165) is 5.56 Å². The Morgan fingerprint density at radius 1 is 1.19 bits per heavy atom. The van der Waals surface area contributed by atoms with Crippen LogP contribution in [-0.4, -0.2) is 25.5 Å². The van der Waals surface area contributed by atoms with Crippen molar-refractivity contribution in [2.45, 2.75) is 20.3 Å². The van der Waals surface area contributed by atoms with Crippen molar-refractivity contribution >= 4 is 23.2 Å². The average molecular weight is 351 g/mol. The molecule has 6 heteroatoms. The Kier molecular flexibility index (Phi) is 6.34. The zero-order valence-corrected chi connectivity index (χ0v) is 15.1. The first-order valence-corrected chi connectivity index (χ1v) is 8.17. The van der Waals surface area contributed by atoms with Crippen molar-refractivity contribution in [1.82, 2.24) is 0 Å². The van der Waals surface area contributed by atoms with Gasteiger partial charge in [-0.1, -0.05) is 6.07 Å². The summed E-state index contributed by atoms with van der Waals surface area (Å²) in [6.45, 7) is 3.62. The Morgan fingerprint density at radius 3 is 2.46 bits per heavy atom. The first-order chi connectivity index (χ1) is 12.4. The quantitative estimate of drug-likeness (QED) is 0.866. The predicted molar refractivity (Wildman–Crippen MR) is 100 cm³/mol. The molecule has 0 aliphatic heterocycles. The van der Waals surface area contributed by atoms with Crippen LogP contribution in [0, 0.1) is 18.3 Å². The highest BCUT2D eigenvalue weighted by Gasteiger charge is 2.17. The van der Waals surface area contributed by atoms with Gasteiger partial charge in [-0.25, -0.2) is 0 Å². The molecule has 134 valence electrons. The second-order valence-electron chi connectivity index (χ2n) is 5.83. The van der Waals surface area contributed by atoms with E-state index in [1.807, 2.05) is 25.1 Å². The standard InChI is InChI=1S/C20H21N3O3/c1-14-4-9-19(26-3)18(12-14)23(15(2)24)11-10-20(25)22-17-7-5-16(13-21)6-8-17/h4-9,12H,10-11H2,1-3H3,(H,22,25). The molecule has 1 N–H and O–H groups in total. The molecule has 0 spiro atoms. The minimum absolute atomic E-state index is 0.136. The van der Waals surface area contributed by atoms with E-state index in [1.165, 1.54) is 11.8 Å². The molecule has 0 unspecified atom stereocenters. The number of nitrogens with zero attached hydrogens (tertiary/aromatic N) is 2. The van der Waals surface area contributed by atoms with E-state index in [-0.39, 0.29) is 24.8 Å². The van der Waals surface area contributed by atoms with Crippen LogP contribution in [0.4, 0.5) is 11.4 Å². The van der Waals surface area contributed by atoms with Crippen LogP contribution in [0.15, 0.2) is 42.5 Å². The maximum atomic E-state index is 12.2. The van der Waals surface area contributed by atoms with Crippen LogP contribution in [0.5, 0.6) is 5.75 Å². The highest BCUT2D eigenvalue weighted by Crippen LogP contribution is 2.29. The summed E-state index contributed by atoms with van der Waals surface area (Å²) in [5.41, 5.74) is 2.77. The van der Waals surface area contributed by atoms with E-state index < -0.39 is 0 Å². The summed E-state index contributed by atoms with van der Waals surface area (Å²) in [6.07, 6.45) is 0.136. The van der Waals surface area contributed by atoms with Crippen molar-refractivity contribution < 1.29 is 14.3 Å². The summed E-state index contributed by atoms with van der Waals surface area (Å²) in [5.74, 6) is 0.200. The second-order valence-corrected chi connectivity index (χ2v) is 5.83. The number of nitriles is 1. The van der Waals surface area contributed by atoms with Crippen molar-refractivity contribution in [2.24, 2.45) is 0 Å². The zero-order chi connectivity index (χ0) is 19.1. The Labute approximate surface area is 153 Å². The van der Waals surface area contributed by atoms with Crippen LogP contribution >= 0.6 is 0 Å². The summed E-state index contributed by atoms with van der Waals surface area (Å²) < 4.78 is 5.33. The molecule has 0 atom stereocenters. The molecule has 0 aliphatic carbocycles. The SMILES string of the molecule is COc1ccc(C)cc1N(CCC(=O)Nc1ccc(C#N)cc1)C(C)=O. The number of hydrogen-bond acceptors (Lipinski definition) is 4. The van der Waals surface area contributed by atoms with Gasteiger partial charge in [0.1, 0.15) is 5.75 Å². The number of rotatable bonds is 6. The monoisotopic (exact) mass is 351 g/mol. The van der Waals surface area contributed by atoms with Gasteiger partial charge in [0.15, 0.2) is 0 Å². The molecule has 0 aliphatic rings. The molecule has 0 fully saturated rings. The minimum Gasteiger partial charge on any atom is -0.495 e. The number of anilines is 2. The third kappa shape index (κ3) is 4.84. The molecule has 2 aromatic rings. The van der Waals surface area contributed by atoms with Gasteiger partial charge in [0.2, 0.25) is 11.8 Å². The number of carbonyl (C=O) groups excluding carboxylic acids is 2. The molecule has 2 amide bonds. The van der Waals surface area contributed by atoms with Gasteiger partial charge >= 0.3 is 0 Å². The summed E-state index contributed by atoms with van der Waals surface area (Å²) >= 11 is 0. The highest BCUT2D eigenvalue weighted by molar-refractivity contribution is 5.95. The average Bonchev–Trinajstić information content (AvgIpc) is 2.62. The smallest absolute Gasteiger partial charge is 0.226 e. The largest absolute Gasteiger partial charge is 0.495 e. The third-order valence-corrected chi connectivity index (χ3v) is 3.87. The first-order valence-electron chi connectivity index (χ1n) is 8.17. The first kappa shape index (κ1) is 19.0. The molecule has 2 rings (SSSR count). The molecule has 0 bridgehead atoms. The Balaban J connectivity index is 2.06. The number of carbonyl (C=O) groups is 2. The van der Waals surface area contributed by atoms with Crippen LogP contribution in [0.25, 0.3) is 0 Å². The van der Waals surface area contributed by atoms with E-state index in [9.17, 15) is 9.59 Å². The molecule has 0 heterocycles. The van der Waals surface area contributed by atoms with Crippen LogP contribution in [0.2, 0.25) is 0 Å². The van der Waals surface area contributed by atoms with Gasteiger partial charge in [0, 0.05) is 25.6 Å². The van der Waals surface area contributed by atoms with E-state index >= 15 is 0 Å². The Hall–Kier alpha value is -3.33. The van der Waals surface area contributed by atoms with E-state index in [4.69, 9.17) is 10.00 Å². The second kappa shape index (κ2) is 8.67. The lowest BCUT2D eigenvalue weighted by molar-refractivity contribution is -0.117. The summed E-state index contributed by atoms with van der Waals surface area (Å²) in [7, 11) is 1.55. The van der Waals surface area contributed by atoms with Crippen molar-refractivity contribution in [2.75, 3.05) is 23.9 Å². The number of ether oxygens (including phenoxy) is 1. The molecule has 0 radical (unpaired) electrons. The fourth-order valence-corrected chi connectivity index (χ4v) is 2.52. The summed E-state index contributed by atoms with van der Waals surface area (Å²) in [6, 6.07) is 14.2. The summed E-state index contributed by atoms with van der Waals surface area (Å²) in [4.78, 5) is 25.8. The maximum Gasteiger partial charge on any atom is 0.226 e. The molecular formula is C20H21N3O3. The van der Waals surface area contributed by atoms with Crippen LogP contribution in [0.3, 0.4) is 0 Å². The topological polar surface area (TPSA) is 82.4 Å². The van der Waals surface area contributed by atoms with Gasteiger partial charge in [-0.05, 0) is 48.9 Å². The molecule has 2 aromatic carbocycles. The number of hydrogen-bond donors (Lipinski definition) is 1. The number of aryl methyl sites for hydroxylation is 1. The molecule has 0 saturated heterocycles. The van der Waals surface area contributed by atoms with Crippen molar-refractivity contribution in [3.63, 3.8) is 0 Å². The van der Waals surface area contributed by atoms with Gasteiger partial charge in [-0.2, -0.15) is 5.26 Å². The number of amides is 2. The van der Waals surface area contributed by atoms with Crippen molar-refractivity contribution in [1.29, 1.82) is 5.26 Å². The molecule has 0 saturated carbocycles. The van der Waals surface area contributed by atoms with Gasteiger partial charge in [-0.3, -0.25) is 9.59 Å². The molecule has 0 aromatic heterocycles. The van der Waals surface area contributed by atoms with Crippen molar-refractivity contribution in [3.8, 4) is 11.8 Å². The van der Waals surface area contributed by atoms with Gasteiger partial charge in [0.05, 0.1) is 24.4 Å². The van der Waals surface area contributed by atoms with Gasteiger partial charge in [0.25, 0.3) is 0 Å². The minimum atomic E-state index is -0.215. The third-order valence-electron chi connectivity index (χ3n) is 3.87. The normalized spacial score (nSPS) is 9.92. The Bertz CT molecular complexity index is 838. The predicted octanol–water partition coefficient (Wildman–Crippen LogP) is 3.26. The van der Waals surface area contributed by atoms with Gasteiger partial charge < -0.3 is 15.0 Å². The lowest BCUT2D eigenvalue weighted by Crippen LogP contribution is -2.32. The molecule has 6 nitrogen and oxygen atoms in total. The lowest BCUT2D eigenvalue weighted by Gasteiger charge is -2.23. The molecular weight excluding hydrogens is 330 g/mol. The van der Waals surface area contributed by atoms with Crippen LogP contribution in [-0.2, 0) is 9.59 Å². The van der Waals surface area contributed by atoms with Gasteiger partial charge in [-0.15, -0.1) is 0 Å². The van der Waals surface area contributed by atoms with Crippen LogP contribution < -0.4 is 15.0 Å². The van der Waals surface area contributed by atoms with Crippen LogP contribution in [0.1, 0.15) is 24.5 Å². The number of benzene rings is 2. The van der Waals surface area contributed by atoms with E-state index in [0.29, 0.717) is 22.7 Å².